The van der Waals surface area contributed by atoms with Gasteiger partial charge in [0, 0.05) is 13.0 Å². The number of carbonyl (C=O) groups excluding carboxylic acids is 2. The van der Waals surface area contributed by atoms with Gasteiger partial charge in [0.05, 0.1) is 6.04 Å². The van der Waals surface area contributed by atoms with Gasteiger partial charge >= 0.3 is 5.97 Å². The molecule has 0 saturated carbocycles. The quantitative estimate of drug-likeness (QED) is 0.657. The van der Waals surface area contributed by atoms with E-state index in [9.17, 15) is 9.59 Å². The molecule has 1 aromatic rings. The van der Waals surface area contributed by atoms with E-state index >= 15 is 0 Å². The van der Waals surface area contributed by atoms with Gasteiger partial charge in [-0.05, 0) is 26.3 Å². The van der Waals surface area contributed by atoms with Crippen LogP contribution in [-0.2, 0) is 20.7 Å². The van der Waals surface area contributed by atoms with E-state index < -0.39 is 29.6 Å². The highest BCUT2D eigenvalue weighted by Crippen LogP contribution is 2.11. The Balaban J connectivity index is 2.85. The number of carbonyl (C=O) groups is 2. The van der Waals surface area contributed by atoms with Crippen LogP contribution >= 0.6 is 0 Å². The van der Waals surface area contributed by atoms with Crippen LogP contribution in [0.15, 0.2) is 30.3 Å². The van der Waals surface area contributed by atoms with Gasteiger partial charge in [-0.15, -0.1) is 0 Å². The Labute approximate surface area is 131 Å². The van der Waals surface area contributed by atoms with Crippen molar-refractivity contribution in [3.05, 3.63) is 35.9 Å². The molecule has 6 nitrogen and oxygen atoms in total. The Morgan fingerprint density at radius 2 is 1.82 bits per heavy atom. The molecule has 0 fully saturated rings. The molecule has 2 atom stereocenters. The zero-order chi connectivity index (χ0) is 16.8. The van der Waals surface area contributed by atoms with Crippen molar-refractivity contribution in [2.75, 3.05) is 6.54 Å². The molecule has 0 bridgehead atoms. The molecule has 0 unspecified atom stereocenters. The molecule has 1 amide bonds. The molecule has 0 aromatic heterocycles. The van der Waals surface area contributed by atoms with Crippen LogP contribution in [0.25, 0.3) is 0 Å². The topological polar surface area (TPSA) is 107 Å². The van der Waals surface area contributed by atoms with Gasteiger partial charge in [0.2, 0.25) is 5.91 Å². The van der Waals surface area contributed by atoms with Crippen LogP contribution in [0, 0.1) is 0 Å². The largest absolute Gasteiger partial charge is 0.458 e. The minimum absolute atomic E-state index is 0.0121. The van der Waals surface area contributed by atoms with Gasteiger partial charge < -0.3 is 21.5 Å². The van der Waals surface area contributed by atoms with Crippen molar-refractivity contribution in [3.8, 4) is 0 Å². The molecule has 0 spiro atoms. The number of nitrogens with two attached hydrogens (primary N) is 2. The summed E-state index contributed by atoms with van der Waals surface area (Å²) in [5, 5.41) is 2.62. The number of benzene rings is 1. The zero-order valence-electron chi connectivity index (χ0n) is 13.3. The summed E-state index contributed by atoms with van der Waals surface area (Å²) in [5.74, 6) is -0.955. The third-order valence-corrected chi connectivity index (χ3v) is 2.88. The van der Waals surface area contributed by atoms with E-state index in [2.05, 4.69) is 5.32 Å². The maximum atomic E-state index is 12.3. The van der Waals surface area contributed by atoms with E-state index in [4.69, 9.17) is 16.2 Å². The van der Waals surface area contributed by atoms with Crippen LogP contribution in [-0.4, -0.2) is 36.1 Å². The SMILES string of the molecule is CC(C)(C)OC(=O)[C@H](Cc1ccccc1)NC(=O)[C@@H](N)CN. The third kappa shape index (κ3) is 6.24. The molecule has 5 N–H and O–H groups in total. The van der Waals surface area contributed by atoms with Gasteiger partial charge in [0.25, 0.3) is 0 Å². The molecule has 122 valence electrons. The zero-order valence-corrected chi connectivity index (χ0v) is 13.3. The summed E-state index contributed by atoms with van der Waals surface area (Å²) in [7, 11) is 0. The lowest BCUT2D eigenvalue weighted by Crippen LogP contribution is -2.52. The Morgan fingerprint density at radius 1 is 1.23 bits per heavy atom. The first kappa shape index (κ1) is 18.1. The normalized spacial score (nSPS) is 14.0. The maximum Gasteiger partial charge on any atom is 0.329 e. The molecule has 6 heteroatoms. The minimum atomic E-state index is -0.847. The van der Waals surface area contributed by atoms with Gasteiger partial charge in [-0.25, -0.2) is 4.79 Å². The Bertz CT molecular complexity index is 497. The molecule has 0 aliphatic heterocycles. The van der Waals surface area contributed by atoms with E-state index in [1.807, 2.05) is 30.3 Å². The highest BCUT2D eigenvalue weighted by Gasteiger charge is 2.28. The van der Waals surface area contributed by atoms with E-state index in [0.29, 0.717) is 6.42 Å². The number of amides is 1. The second kappa shape index (κ2) is 7.91. The van der Waals surface area contributed by atoms with Crippen LogP contribution in [0.3, 0.4) is 0 Å². The summed E-state index contributed by atoms with van der Waals surface area (Å²) in [6, 6.07) is 7.74. The first-order valence-electron chi connectivity index (χ1n) is 7.25. The standard InChI is InChI=1S/C16H25N3O3/c1-16(2,3)22-15(21)13(19-14(20)12(18)10-17)9-11-7-5-4-6-8-11/h4-8,12-13H,9-10,17-18H2,1-3H3,(H,19,20)/t12-,13-/m0/s1. The molecule has 0 aliphatic carbocycles. The first-order valence-corrected chi connectivity index (χ1v) is 7.25. The Morgan fingerprint density at radius 3 is 2.32 bits per heavy atom. The minimum Gasteiger partial charge on any atom is -0.458 e. The van der Waals surface area contributed by atoms with E-state index in [1.165, 1.54) is 0 Å². The van der Waals surface area contributed by atoms with Gasteiger partial charge in [-0.2, -0.15) is 0 Å². The Kier molecular flexibility index (Phi) is 6.52. The maximum absolute atomic E-state index is 12.3. The number of nitrogens with one attached hydrogen (secondary N) is 1. The van der Waals surface area contributed by atoms with Crippen LogP contribution in [0.4, 0.5) is 0 Å². The molecule has 1 aromatic carbocycles. The number of rotatable bonds is 6. The van der Waals surface area contributed by atoms with Crippen molar-refractivity contribution in [1.29, 1.82) is 0 Å². The lowest BCUT2D eigenvalue weighted by atomic mass is 10.0. The van der Waals surface area contributed by atoms with Gasteiger partial charge in [0.1, 0.15) is 11.6 Å². The molecule has 0 saturated heterocycles. The second-order valence-electron chi connectivity index (χ2n) is 6.13. The van der Waals surface area contributed by atoms with Gasteiger partial charge in [-0.1, -0.05) is 30.3 Å². The number of hydrogen-bond acceptors (Lipinski definition) is 5. The smallest absolute Gasteiger partial charge is 0.329 e. The average Bonchev–Trinajstić information content (AvgIpc) is 2.44. The van der Waals surface area contributed by atoms with E-state index in [1.54, 1.807) is 20.8 Å². The first-order chi connectivity index (χ1) is 10.2. The van der Waals surface area contributed by atoms with Crippen molar-refractivity contribution < 1.29 is 14.3 Å². The summed E-state index contributed by atoms with van der Waals surface area (Å²) < 4.78 is 5.36. The predicted molar refractivity (Wildman–Crippen MR) is 85.0 cm³/mol. The molecule has 0 radical (unpaired) electrons. The highest BCUT2D eigenvalue weighted by molar-refractivity contribution is 5.87. The molecular formula is C16H25N3O3. The lowest BCUT2D eigenvalue weighted by Gasteiger charge is -2.25. The van der Waals surface area contributed by atoms with Crippen molar-refractivity contribution in [2.24, 2.45) is 11.5 Å². The third-order valence-electron chi connectivity index (χ3n) is 2.88. The monoisotopic (exact) mass is 307 g/mol. The fraction of sp³-hybridized carbons (Fsp3) is 0.500. The summed E-state index contributed by atoms with van der Waals surface area (Å²) >= 11 is 0. The molecule has 0 aliphatic rings. The van der Waals surface area contributed by atoms with Crippen molar-refractivity contribution >= 4 is 11.9 Å². The fourth-order valence-electron chi connectivity index (χ4n) is 1.80. The summed E-state index contributed by atoms with van der Waals surface area (Å²) in [6.45, 7) is 5.34. The van der Waals surface area contributed by atoms with Crippen LogP contribution in [0.1, 0.15) is 26.3 Å². The van der Waals surface area contributed by atoms with Crippen LogP contribution in [0.2, 0.25) is 0 Å². The number of esters is 1. The average molecular weight is 307 g/mol. The van der Waals surface area contributed by atoms with Crippen molar-refractivity contribution in [2.45, 2.75) is 44.9 Å². The van der Waals surface area contributed by atoms with Crippen molar-refractivity contribution in [1.82, 2.24) is 5.32 Å². The predicted octanol–water partition coefficient (Wildman–Crippen LogP) is 0.342. The molecule has 0 heterocycles. The van der Waals surface area contributed by atoms with Crippen LogP contribution < -0.4 is 16.8 Å². The van der Waals surface area contributed by atoms with Crippen LogP contribution in [0.5, 0.6) is 0 Å². The lowest BCUT2D eigenvalue weighted by molar-refractivity contribution is -0.158. The summed E-state index contributed by atoms with van der Waals surface area (Å²) in [5.41, 5.74) is 11.3. The second-order valence-corrected chi connectivity index (χ2v) is 6.13. The summed E-state index contributed by atoms with van der Waals surface area (Å²) in [4.78, 5) is 24.2. The number of ether oxygens (including phenoxy) is 1. The summed E-state index contributed by atoms with van der Waals surface area (Å²) in [6.07, 6.45) is 0.332. The molecular weight excluding hydrogens is 282 g/mol. The van der Waals surface area contributed by atoms with E-state index in [0.717, 1.165) is 5.56 Å². The fourth-order valence-corrected chi connectivity index (χ4v) is 1.80. The van der Waals surface area contributed by atoms with Crippen molar-refractivity contribution in [3.63, 3.8) is 0 Å². The highest BCUT2D eigenvalue weighted by atomic mass is 16.6. The molecule has 1 rings (SSSR count). The van der Waals surface area contributed by atoms with Gasteiger partial charge in [0.15, 0.2) is 0 Å². The Hall–Kier alpha value is -1.92. The van der Waals surface area contributed by atoms with E-state index in [-0.39, 0.29) is 6.54 Å². The molecule has 22 heavy (non-hydrogen) atoms. The van der Waals surface area contributed by atoms with Gasteiger partial charge in [-0.3, -0.25) is 4.79 Å². The number of hydrogen-bond donors (Lipinski definition) is 3.